The molecule has 1 aliphatic carbocycles. The van der Waals surface area contributed by atoms with Crippen molar-refractivity contribution in [3.63, 3.8) is 0 Å². The van der Waals surface area contributed by atoms with E-state index in [4.69, 9.17) is 4.74 Å². The van der Waals surface area contributed by atoms with Crippen LogP contribution in [0.4, 0.5) is 13.2 Å². The highest BCUT2D eigenvalue weighted by Gasteiger charge is 2.50. The van der Waals surface area contributed by atoms with Crippen LogP contribution in [0, 0.1) is 17.8 Å². The second kappa shape index (κ2) is 12.2. The van der Waals surface area contributed by atoms with Crippen molar-refractivity contribution in [1.82, 2.24) is 24.8 Å². The summed E-state index contributed by atoms with van der Waals surface area (Å²) in [6.45, 7) is 3.68. The van der Waals surface area contributed by atoms with Crippen LogP contribution in [0.15, 0.2) is 54.7 Å². The molecule has 4 atom stereocenters. The molecule has 44 heavy (non-hydrogen) atoms. The van der Waals surface area contributed by atoms with Gasteiger partial charge in [-0.2, -0.15) is 13.2 Å². The Morgan fingerprint density at radius 2 is 1.86 bits per heavy atom. The Balaban J connectivity index is 1.26. The fraction of sp³-hybridized carbons (Fsp3) is 0.515. The zero-order valence-corrected chi connectivity index (χ0v) is 25.0. The van der Waals surface area contributed by atoms with Crippen LogP contribution in [-0.4, -0.2) is 62.8 Å². The molecule has 234 valence electrons. The number of ether oxygens (including phenoxy) is 1. The second-order valence-corrected chi connectivity index (χ2v) is 12.3. The van der Waals surface area contributed by atoms with Crippen LogP contribution in [0.25, 0.3) is 11.3 Å². The van der Waals surface area contributed by atoms with Gasteiger partial charge in [0.05, 0.1) is 43.4 Å². The van der Waals surface area contributed by atoms with Crippen LogP contribution in [0.1, 0.15) is 62.6 Å². The third-order valence-electron chi connectivity index (χ3n) is 9.47. The molecule has 2 saturated heterocycles. The van der Waals surface area contributed by atoms with Crippen molar-refractivity contribution in [2.24, 2.45) is 17.8 Å². The number of alkyl halides is 3. The van der Waals surface area contributed by atoms with E-state index in [9.17, 15) is 22.8 Å². The van der Waals surface area contributed by atoms with Crippen molar-refractivity contribution in [2.45, 2.75) is 70.3 Å². The summed E-state index contributed by atoms with van der Waals surface area (Å²) < 4.78 is 46.9. The van der Waals surface area contributed by atoms with Gasteiger partial charge < -0.3 is 14.5 Å². The van der Waals surface area contributed by atoms with E-state index in [0.717, 1.165) is 49.8 Å². The summed E-state index contributed by atoms with van der Waals surface area (Å²) in [5.74, 6) is 1.01. The summed E-state index contributed by atoms with van der Waals surface area (Å²) in [4.78, 5) is 31.6. The highest BCUT2D eigenvalue weighted by atomic mass is 19.4. The third-order valence-corrected chi connectivity index (χ3v) is 9.47. The average molecular weight is 610 g/mol. The topological polar surface area (TPSA) is 80.6 Å². The van der Waals surface area contributed by atoms with Gasteiger partial charge in [0.2, 0.25) is 11.8 Å². The van der Waals surface area contributed by atoms with E-state index in [1.54, 1.807) is 24.1 Å². The highest BCUT2D eigenvalue weighted by Crippen LogP contribution is 2.47. The van der Waals surface area contributed by atoms with E-state index in [1.807, 2.05) is 34.1 Å². The number of halogens is 3. The summed E-state index contributed by atoms with van der Waals surface area (Å²) in [6.07, 6.45) is 2.29. The number of unbranched alkanes of at least 4 members (excludes halogenated alkanes) is 1. The molecule has 2 aromatic carbocycles. The van der Waals surface area contributed by atoms with Gasteiger partial charge in [-0.25, -0.2) is 4.68 Å². The minimum absolute atomic E-state index is 0.00545. The number of hydrogen-bond donors (Lipinski definition) is 0. The summed E-state index contributed by atoms with van der Waals surface area (Å²) in [5, 5.41) is 8.44. The first-order valence-corrected chi connectivity index (χ1v) is 15.5. The molecular weight excluding hydrogens is 571 g/mol. The predicted octanol–water partition coefficient (Wildman–Crippen LogP) is 5.99. The van der Waals surface area contributed by atoms with Gasteiger partial charge in [-0.3, -0.25) is 9.59 Å². The Labute approximate surface area is 255 Å². The molecule has 3 aromatic rings. The Bertz CT molecular complexity index is 1490. The first-order chi connectivity index (χ1) is 21.2. The maximum atomic E-state index is 14.4. The van der Waals surface area contributed by atoms with Crippen LogP contribution in [-0.2, 0) is 22.3 Å². The highest BCUT2D eigenvalue weighted by molar-refractivity contribution is 5.90. The van der Waals surface area contributed by atoms with Crippen LogP contribution >= 0.6 is 0 Å². The number of rotatable bonds is 10. The van der Waals surface area contributed by atoms with Crippen molar-refractivity contribution < 1.29 is 27.5 Å². The fourth-order valence-electron chi connectivity index (χ4n) is 7.06. The molecule has 1 saturated carbocycles. The lowest BCUT2D eigenvalue weighted by Gasteiger charge is -2.33. The molecule has 2 amide bonds. The molecule has 4 unspecified atom stereocenters. The lowest BCUT2D eigenvalue weighted by atomic mass is 9.90. The van der Waals surface area contributed by atoms with Crippen LogP contribution < -0.4 is 4.74 Å². The number of carbonyl (C=O) groups is 2. The number of hydrogen-bond acceptors (Lipinski definition) is 5. The molecule has 0 spiro atoms. The maximum absolute atomic E-state index is 14.4. The fourth-order valence-corrected chi connectivity index (χ4v) is 7.06. The summed E-state index contributed by atoms with van der Waals surface area (Å²) in [7, 11) is 1.61. The van der Waals surface area contributed by atoms with Gasteiger partial charge in [-0.05, 0) is 67.3 Å². The van der Waals surface area contributed by atoms with Crippen molar-refractivity contribution in [3.05, 3.63) is 65.9 Å². The van der Waals surface area contributed by atoms with Gasteiger partial charge in [-0.1, -0.05) is 42.8 Å². The Hall–Kier alpha value is -3.89. The van der Waals surface area contributed by atoms with Gasteiger partial charge in [0.15, 0.2) is 0 Å². The molecule has 3 aliphatic rings. The standard InChI is InChI=1S/C33H38F3N5O3/c1-3-4-15-41-30(42)18-27(31(41)22-10-12-25(44-2)13-11-22)32(43)40-16-14-26(21-8-9-21)29(40)20-39-19-28(37-38-39)23-6-5-7-24(17-23)33(34,35)36/h5-7,10-13,17,19,21,26-27,29,31H,3-4,8-9,14-16,18,20H2,1-2H3. The van der Waals surface area contributed by atoms with E-state index in [0.29, 0.717) is 48.5 Å². The lowest BCUT2D eigenvalue weighted by molar-refractivity contribution is -0.138. The van der Waals surface area contributed by atoms with Gasteiger partial charge in [0.25, 0.3) is 0 Å². The minimum atomic E-state index is -4.45. The van der Waals surface area contributed by atoms with Gasteiger partial charge in [0, 0.05) is 25.1 Å². The van der Waals surface area contributed by atoms with Crippen LogP contribution in [0.2, 0.25) is 0 Å². The molecule has 0 N–H and O–H groups in total. The minimum Gasteiger partial charge on any atom is -0.497 e. The Morgan fingerprint density at radius 3 is 2.55 bits per heavy atom. The second-order valence-electron chi connectivity index (χ2n) is 12.3. The molecule has 6 rings (SSSR count). The first kappa shape index (κ1) is 30.1. The molecule has 11 heteroatoms. The van der Waals surface area contributed by atoms with E-state index in [2.05, 4.69) is 17.2 Å². The van der Waals surface area contributed by atoms with E-state index in [-0.39, 0.29) is 30.3 Å². The number of carbonyl (C=O) groups excluding carboxylic acids is 2. The summed E-state index contributed by atoms with van der Waals surface area (Å²) >= 11 is 0. The van der Waals surface area contributed by atoms with Gasteiger partial charge in [-0.15, -0.1) is 5.10 Å². The molecular formula is C33H38F3N5O3. The largest absolute Gasteiger partial charge is 0.497 e. The number of aromatic nitrogens is 3. The molecule has 1 aromatic heterocycles. The number of methoxy groups -OCH3 is 1. The van der Waals surface area contributed by atoms with Gasteiger partial charge in [0.1, 0.15) is 11.4 Å². The summed E-state index contributed by atoms with van der Waals surface area (Å²) in [6, 6.07) is 12.2. The average Bonchev–Trinajstić information content (AvgIpc) is 3.46. The predicted molar refractivity (Wildman–Crippen MR) is 157 cm³/mol. The monoisotopic (exact) mass is 609 g/mol. The number of benzene rings is 2. The SMILES string of the molecule is CCCCN1C(=O)CC(C(=O)N2CCC(C3CC3)C2Cn2cc(-c3cccc(C(F)(F)F)c3)nn2)C1c1ccc(OC)cc1. The molecule has 0 radical (unpaired) electrons. The Kier molecular flexibility index (Phi) is 8.39. The van der Waals surface area contributed by atoms with E-state index in [1.165, 1.54) is 6.07 Å². The van der Waals surface area contributed by atoms with E-state index < -0.39 is 17.7 Å². The van der Waals surface area contributed by atoms with Crippen molar-refractivity contribution >= 4 is 11.8 Å². The molecule has 3 fully saturated rings. The van der Waals surface area contributed by atoms with Crippen LogP contribution in [0.5, 0.6) is 5.75 Å². The number of likely N-dealkylation sites (tertiary alicyclic amines) is 2. The smallest absolute Gasteiger partial charge is 0.416 e. The van der Waals surface area contributed by atoms with Crippen molar-refractivity contribution in [2.75, 3.05) is 20.2 Å². The molecule has 0 bridgehead atoms. The lowest BCUT2D eigenvalue weighted by Crippen LogP contribution is -2.45. The maximum Gasteiger partial charge on any atom is 0.416 e. The molecule has 8 nitrogen and oxygen atoms in total. The Morgan fingerprint density at radius 1 is 1.09 bits per heavy atom. The summed E-state index contributed by atoms with van der Waals surface area (Å²) in [5.41, 5.74) is 0.865. The normalized spacial score (nSPS) is 23.9. The number of nitrogens with zero attached hydrogens (tertiary/aromatic N) is 5. The number of amides is 2. The molecule has 2 aliphatic heterocycles. The molecule has 3 heterocycles. The van der Waals surface area contributed by atoms with Gasteiger partial charge >= 0.3 is 6.18 Å². The third kappa shape index (κ3) is 6.05. The van der Waals surface area contributed by atoms with Crippen molar-refractivity contribution in [3.8, 4) is 17.0 Å². The zero-order chi connectivity index (χ0) is 31.0. The quantitative estimate of drug-likeness (QED) is 0.282. The van der Waals surface area contributed by atoms with Crippen LogP contribution in [0.3, 0.4) is 0 Å². The van der Waals surface area contributed by atoms with E-state index >= 15 is 0 Å². The zero-order valence-electron chi connectivity index (χ0n) is 25.0. The first-order valence-electron chi connectivity index (χ1n) is 15.5. The van der Waals surface area contributed by atoms with Crippen molar-refractivity contribution in [1.29, 1.82) is 0 Å².